The summed E-state index contributed by atoms with van der Waals surface area (Å²) in [6.45, 7) is 8.93. The zero-order chi connectivity index (χ0) is 53.6. The maximum Gasteiger partial charge on any atom is 0.411 e. The van der Waals surface area contributed by atoms with Crippen molar-refractivity contribution in [3.05, 3.63) is 130 Å². The smallest absolute Gasteiger partial charge is 0.411 e. The van der Waals surface area contributed by atoms with E-state index in [2.05, 4.69) is 27.7 Å². The Bertz CT molecular complexity index is 2940. The molecule has 4 aromatic carbocycles. The Hall–Kier alpha value is -6.92. The van der Waals surface area contributed by atoms with Crippen LogP contribution in [0.2, 0.25) is 0 Å². The number of primary amides is 2. The number of carbonyl (C=O) groups is 6. The van der Waals surface area contributed by atoms with Gasteiger partial charge in [-0.15, -0.1) is 0 Å². The molecule has 4 aromatic rings. The van der Waals surface area contributed by atoms with Crippen LogP contribution in [0.1, 0.15) is 119 Å². The van der Waals surface area contributed by atoms with E-state index in [0.717, 1.165) is 0 Å². The summed E-state index contributed by atoms with van der Waals surface area (Å²) < 4.78 is 35.0. The molecular weight excluding hydrogens is 963 g/mol. The molecule has 16 nitrogen and oxygen atoms in total. The predicted molar refractivity (Wildman–Crippen MR) is 276 cm³/mol. The lowest BCUT2D eigenvalue weighted by Crippen LogP contribution is -2.74. The van der Waals surface area contributed by atoms with Crippen LogP contribution in [-0.4, -0.2) is 106 Å². The number of carbonyl (C=O) groups excluding carboxylic acids is 4. The van der Waals surface area contributed by atoms with Gasteiger partial charge in [0.15, 0.2) is 11.6 Å². The fourth-order valence-corrected chi connectivity index (χ4v) is 15.9. The fraction of sp³-hybridized carbons (Fsp3) is 0.474. The van der Waals surface area contributed by atoms with Crippen LogP contribution in [0.3, 0.4) is 0 Å². The van der Waals surface area contributed by atoms with Gasteiger partial charge in [-0.3, -0.25) is 39.6 Å². The number of nitrogens with two attached hydrogens (primary N) is 2. The first kappa shape index (κ1) is 51.6. The molecule has 8 aliphatic rings. The number of nitrogens with zero attached hydrogens (tertiary/aromatic N) is 4. The minimum atomic E-state index is -1.82. The SMILES string of the molecule is CC1CC(C2CCCN2[C@@]2(C(=O)NC(=O)O)c3ccc(cc3)C2(C)CC(N)=O)N(c2cc(F)c(N3CCC(c4ccccc4)CC3)c(F)c2)[C@]1(C)C1CCCN1[C@@]1(C(=O)NC(=O)O)c2ccc(cc2)C1(C)CC(N)=O. The standard InChI is InChI=1S/C57H66F2N8O8/c1-33-28-44(43-12-8-24-65(43)56(49(70)62-51(72)73)38-18-14-36(15-19-38)53(56,2)31-46(60)68)67(40-29-41(58)48(42(59)30-40)64-26-22-35(23-27-64)34-10-6-5-7-11-34)55(33,4)45-13-9-25-66(45)57(50(71)63-52(74)75)39-20-16-37(17-21-39)54(57,3)32-47(61)69/h5-7,10-11,14-21,29-30,33,35,43-45H,8-9,12-13,22-28,31-32H2,1-4H3,(H2,60,68)(H2,61,69)(H,62,70)(H,63,71)(H,72,73)(H,74,75)/t33?,43?,44?,45?,53?,54?,55-,56+,57+/m0/s1. The maximum atomic E-state index is 17.5. The molecular formula is C57H66F2N8O8. The van der Waals surface area contributed by atoms with Gasteiger partial charge in [-0.2, -0.15) is 0 Å². The molecule has 12 rings (SSSR count). The molecule has 8 N–H and O–H groups in total. The van der Waals surface area contributed by atoms with Gasteiger partial charge in [-0.1, -0.05) is 99.6 Å². The summed E-state index contributed by atoms with van der Waals surface area (Å²) in [4.78, 5) is 89.7. The molecule has 4 aliphatic heterocycles. The zero-order valence-electron chi connectivity index (χ0n) is 42.8. The third-order valence-electron chi connectivity index (χ3n) is 19.0. The van der Waals surface area contributed by atoms with E-state index in [1.54, 1.807) is 43.0 Å². The van der Waals surface area contributed by atoms with Gasteiger partial charge in [0.05, 0.1) is 5.54 Å². The minimum Gasteiger partial charge on any atom is -0.465 e. The molecule has 0 aromatic heterocycles. The van der Waals surface area contributed by atoms with Crippen LogP contribution in [0, 0.1) is 17.6 Å². The summed E-state index contributed by atoms with van der Waals surface area (Å²) >= 11 is 0. The molecule has 9 atom stereocenters. The molecule has 396 valence electrons. The summed E-state index contributed by atoms with van der Waals surface area (Å²) in [6.07, 6.45) is -0.117. The van der Waals surface area contributed by atoms with Crippen molar-refractivity contribution in [1.29, 1.82) is 0 Å². The van der Waals surface area contributed by atoms with Crippen LogP contribution in [0.25, 0.3) is 0 Å². The second-order valence-electron chi connectivity index (χ2n) is 22.5. The molecule has 6 amide bonds. The molecule has 4 bridgehead atoms. The van der Waals surface area contributed by atoms with E-state index in [9.17, 15) is 29.4 Å². The van der Waals surface area contributed by atoms with Gasteiger partial charge < -0.3 is 31.5 Å². The lowest BCUT2D eigenvalue weighted by atomic mass is 9.56. The van der Waals surface area contributed by atoms with Crippen LogP contribution in [0.5, 0.6) is 0 Å². The topological polar surface area (TPSA) is 232 Å². The maximum absolute atomic E-state index is 17.5. The van der Waals surface area contributed by atoms with Crippen molar-refractivity contribution < 1.29 is 47.8 Å². The normalized spacial score (nSPS) is 31.4. The lowest BCUT2D eigenvalue weighted by Gasteiger charge is -2.60. The van der Waals surface area contributed by atoms with E-state index in [0.29, 0.717) is 80.3 Å². The van der Waals surface area contributed by atoms with E-state index in [-0.39, 0.29) is 49.1 Å². The predicted octanol–water partition coefficient (Wildman–Crippen LogP) is 6.92. The Labute approximate surface area is 434 Å². The summed E-state index contributed by atoms with van der Waals surface area (Å²) in [5, 5.41) is 24.8. The summed E-state index contributed by atoms with van der Waals surface area (Å²) in [5.74, 6) is -4.81. The Morgan fingerprint density at radius 2 is 1.09 bits per heavy atom. The largest absolute Gasteiger partial charge is 0.465 e. The highest BCUT2D eigenvalue weighted by molar-refractivity contribution is 6.01. The monoisotopic (exact) mass is 1030 g/mol. The molecule has 0 spiro atoms. The molecule has 0 saturated carbocycles. The van der Waals surface area contributed by atoms with Gasteiger partial charge in [0.1, 0.15) is 16.8 Å². The highest BCUT2D eigenvalue weighted by Crippen LogP contribution is 2.61. The number of amides is 6. The van der Waals surface area contributed by atoms with E-state index in [4.69, 9.17) is 11.5 Å². The van der Waals surface area contributed by atoms with E-state index < -0.39 is 93.0 Å². The van der Waals surface area contributed by atoms with Crippen LogP contribution >= 0.6 is 0 Å². The Kier molecular flexibility index (Phi) is 12.9. The highest BCUT2D eigenvalue weighted by atomic mass is 19.1. The molecule has 75 heavy (non-hydrogen) atoms. The van der Waals surface area contributed by atoms with Crippen molar-refractivity contribution >= 4 is 47.2 Å². The van der Waals surface area contributed by atoms with Gasteiger partial charge in [0.25, 0.3) is 11.8 Å². The lowest BCUT2D eigenvalue weighted by molar-refractivity contribution is -0.145. The Morgan fingerprint density at radius 3 is 1.59 bits per heavy atom. The van der Waals surface area contributed by atoms with Crippen LogP contribution in [0.15, 0.2) is 91.0 Å². The summed E-state index contributed by atoms with van der Waals surface area (Å²) in [7, 11) is 0. The van der Waals surface area contributed by atoms with Crippen molar-refractivity contribution in [2.24, 2.45) is 17.4 Å². The first-order valence-electron chi connectivity index (χ1n) is 26.1. The van der Waals surface area contributed by atoms with Gasteiger partial charge in [-0.25, -0.2) is 18.4 Å². The molecule has 18 heteroatoms. The third kappa shape index (κ3) is 7.62. The van der Waals surface area contributed by atoms with Crippen molar-refractivity contribution in [3.8, 4) is 0 Å². The molecule has 6 unspecified atom stereocenters. The zero-order valence-corrected chi connectivity index (χ0v) is 42.8. The number of fused-ring (bicyclic) bond motifs is 6. The van der Waals surface area contributed by atoms with Crippen LogP contribution < -0.4 is 31.9 Å². The van der Waals surface area contributed by atoms with Crippen molar-refractivity contribution in [3.63, 3.8) is 0 Å². The average Bonchev–Trinajstić information content (AvgIpc) is 4.13. The van der Waals surface area contributed by atoms with Crippen molar-refractivity contribution in [2.75, 3.05) is 36.0 Å². The average molecular weight is 1030 g/mol. The first-order chi connectivity index (χ1) is 35.6. The van der Waals surface area contributed by atoms with Crippen LogP contribution in [-0.2, 0) is 41.1 Å². The highest BCUT2D eigenvalue weighted by Gasteiger charge is 2.70. The number of imide groups is 2. The Balaban J connectivity index is 1.14. The van der Waals surface area contributed by atoms with E-state index >= 15 is 18.4 Å². The van der Waals surface area contributed by atoms with Gasteiger partial charge in [0.2, 0.25) is 11.8 Å². The molecule has 4 heterocycles. The van der Waals surface area contributed by atoms with Gasteiger partial charge >= 0.3 is 12.2 Å². The second kappa shape index (κ2) is 18.7. The van der Waals surface area contributed by atoms with Gasteiger partial charge in [0, 0.05) is 60.6 Å². The fourth-order valence-electron chi connectivity index (χ4n) is 15.9. The second-order valence-corrected chi connectivity index (χ2v) is 22.5. The summed E-state index contributed by atoms with van der Waals surface area (Å²) in [5.41, 5.74) is 7.83. The molecule has 4 saturated heterocycles. The van der Waals surface area contributed by atoms with Crippen molar-refractivity contribution in [2.45, 2.75) is 137 Å². The van der Waals surface area contributed by atoms with Crippen LogP contribution in [0.4, 0.5) is 29.7 Å². The number of nitrogens with one attached hydrogen (secondary N) is 2. The van der Waals surface area contributed by atoms with E-state index in [1.807, 2.05) is 66.1 Å². The number of hydrogen-bond donors (Lipinski definition) is 6. The Morgan fingerprint density at radius 1 is 0.627 bits per heavy atom. The number of piperidine rings is 1. The number of hydrogen-bond acceptors (Lipinski definition) is 10. The summed E-state index contributed by atoms with van der Waals surface area (Å²) in [6, 6.07) is 25.2. The third-order valence-corrected chi connectivity index (χ3v) is 19.0. The minimum absolute atomic E-state index is 0.144. The number of benzene rings is 4. The number of anilines is 2. The number of halogens is 2. The van der Waals surface area contributed by atoms with Gasteiger partial charge in [-0.05, 0) is 117 Å². The first-order valence-corrected chi connectivity index (χ1v) is 26.1. The quantitative estimate of drug-likeness (QED) is 0.0801. The number of likely N-dealkylation sites (tertiary alicyclic amines) is 2. The van der Waals surface area contributed by atoms with Crippen molar-refractivity contribution in [1.82, 2.24) is 20.4 Å². The molecule has 4 aliphatic carbocycles. The van der Waals surface area contributed by atoms with E-state index in [1.165, 1.54) is 17.7 Å². The molecule has 0 radical (unpaired) electrons. The number of carboxylic acid groups (broad SMARTS) is 2. The number of rotatable bonds is 13. The molecule has 4 fully saturated rings.